The fourth-order valence-electron chi connectivity index (χ4n) is 2.51. The molecule has 1 heterocycles. The second kappa shape index (κ2) is 5.69. The van der Waals surface area contributed by atoms with Crippen LogP contribution in [0.15, 0.2) is 36.4 Å². The Bertz CT molecular complexity index is 776. The first kappa shape index (κ1) is 14.4. The van der Waals surface area contributed by atoms with Crippen molar-refractivity contribution >= 4 is 11.0 Å². The summed E-state index contributed by atoms with van der Waals surface area (Å²) in [6, 6.07) is 11.6. The zero-order chi connectivity index (χ0) is 15.7. The number of benzene rings is 2. The highest BCUT2D eigenvalue weighted by atomic mass is 16.5. The number of hydrogen-bond acceptors (Lipinski definition) is 4. The Hall–Kier alpha value is -2.53. The van der Waals surface area contributed by atoms with Crippen molar-refractivity contribution in [2.24, 2.45) is 0 Å². The van der Waals surface area contributed by atoms with Gasteiger partial charge in [0.2, 0.25) is 0 Å². The molecule has 114 valence electrons. The Labute approximate surface area is 129 Å². The van der Waals surface area contributed by atoms with Crippen molar-refractivity contribution < 1.29 is 9.84 Å². The van der Waals surface area contributed by atoms with Crippen LogP contribution in [0.3, 0.4) is 0 Å². The van der Waals surface area contributed by atoms with Crippen LogP contribution in [-0.4, -0.2) is 41.2 Å². The molecule has 1 aromatic heterocycles. The van der Waals surface area contributed by atoms with E-state index in [9.17, 15) is 5.11 Å². The summed E-state index contributed by atoms with van der Waals surface area (Å²) < 4.78 is 5.29. The lowest BCUT2D eigenvalue weighted by atomic mass is 10.1. The van der Waals surface area contributed by atoms with Crippen molar-refractivity contribution in [3.8, 4) is 22.9 Å². The quantitative estimate of drug-likeness (QED) is 0.777. The van der Waals surface area contributed by atoms with Crippen molar-refractivity contribution in [3.63, 3.8) is 0 Å². The summed E-state index contributed by atoms with van der Waals surface area (Å²) in [6.45, 7) is 0.621. The number of rotatable bonds is 4. The molecular formula is C17H19N3O2. The molecule has 0 aliphatic heterocycles. The number of ether oxygens (including phenoxy) is 1. The highest BCUT2D eigenvalue weighted by Crippen LogP contribution is 2.35. The third-order valence-electron chi connectivity index (χ3n) is 3.52. The molecule has 5 heteroatoms. The Morgan fingerprint density at radius 3 is 2.68 bits per heavy atom. The molecule has 0 saturated heterocycles. The van der Waals surface area contributed by atoms with Crippen molar-refractivity contribution in [1.82, 2.24) is 14.9 Å². The summed E-state index contributed by atoms with van der Waals surface area (Å²) in [4.78, 5) is 9.90. The molecule has 0 saturated carbocycles. The maximum absolute atomic E-state index is 10.3. The molecule has 0 fully saturated rings. The van der Waals surface area contributed by atoms with Crippen LogP contribution in [0.25, 0.3) is 22.4 Å². The molecular weight excluding hydrogens is 278 g/mol. The first-order valence-corrected chi connectivity index (χ1v) is 7.08. The van der Waals surface area contributed by atoms with Gasteiger partial charge in [0.1, 0.15) is 5.82 Å². The summed E-state index contributed by atoms with van der Waals surface area (Å²) in [6.07, 6.45) is 0. The summed E-state index contributed by atoms with van der Waals surface area (Å²) in [7, 11) is 5.47. The van der Waals surface area contributed by atoms with Crippen molar-refractivity contribution in [2.75, 3.05) is 21.2 Å². The van der Waals surface area contributed by atoms with Crippen LogP contribution in [0, 0.1) is 0 Å². The molecule has 0 spiro atoms. The van der Waals surface area contributed by atoms with Gasteiger partial charge in [-0.3, -0.25) is 0 Å². The van der Waals surface area contributed by atoms with E-state index >= 15 is 0 Å². The Kier molecular flexibility index (Phi) is 3.73. The summed E-state index contributed by atoms with van der Waals surface area (Å²) >= 11 is 0. The predicted octanol–water partition coefficient (Wildman–Crippen LogP) is 3.01. The minimum atomic E-state index is 0.177. The topological polar surface area (TPSA) is 61.4 Å². The van der Waals surface area contributed by atoms with Crippen LogP contribution in [0.5, 0.6) is 11.5 Å². The van der Waals surface area contributed by atoms with Gasteiger partial charge in [-0.05, 0) is 38.4 Å². The zero-order valence-corrected chi connectivity index (χ0v) is 12.9. The van der Waals surface area contributed by atoms with Crippen LogP contribution < -0.4 is 4.74 Å². The average molecular weight is 297 g/mol. The number of imidazole rings is 1. The number of H-pyrrole nitrogens is 1. The number of methoxy groups -OCH3 is 1. The number of fused-ring (bicyclic) bond motifs is 1. The normalized spacial score (nSPS) is 11.3. The number of nitrogens with one attached hydrogen (secondary N) is 1. The summed E-state index contributed by atoms with van der Waals surface area (Å²) in [5.74, 6) is 1.39. The van der Waals surface area contributed by atoms with Gasteiger partial charge in [0.25, 0.3) is 0 Å². The Balaban J connectivity index is 2.12. The standard InChI is InChI=1S/C17H19N3O2/c1-20(2)10-12-8-11(9-15(22-3)16(12)21)17-18-13-6-4-5-7-14(13)19-17/h4-9,21H,10H2,1-3H3,(H,18,19). The fraction of sp³-hybridized carbons (Fsp3) is 0.235. The van der Waals surface area contributed by atoms with Gasteiger partial charge in [-0.15, -0.1) is 0 Å². The third kappa shape index (κ3) is 2.63. The highest BCUT2D eigenvalue weighted by Gasteiger charge is 2.14. The Morgan fingerprint density at radius 2 is 2.00 bits per heavy atom. The largest absolute Gasteiger partial charge is 0.504 e. The molecule has 0 amide bonds. The number of phenolic OH excluding ortho intramolecular Hbond substituents is 1. The van der Waals surface area contributed by atoms with Crippen molar-refractivity contribution in [1.29, 1.82) is 0 Å². The number of aromatic nitrogens is 2. The zero-order valence-electron chi connectivity index (χ0n) is 12.9. The van der Waals surface area contributed by atoms with Crippen LogP contribution in [-0.2, 0) is 6.54 Å². The molecule has 3 rings (SSSR count). The predicted molar refractivity (Wildman–Crippen MR) is 87.1 cm³/mol. The van der Waals surface area contributed by atoms with Crippen LogP contribution in [0.2, 0.25) is 0 Å². The van der Waals surface area contributed by atoms with Crippen LogP contribution in [0.1, 0.15) is 5.56 Å². The Morgan fingerprint density at radius 1 is 1.23 bits per heavy atom. The number of phenols is 1. The minimum Gasteiger partial charge on any atom is -0.504 e. The number of aromatic hydroxyl groups is 1. The summed E-state index contributed by atoms with van der Waals surface area (Å²) in [5, 5.41) is 10.3. The van der Waals surface area contributed by atoms with E-state index in [0.29, 0.717) is 12.3 Å². The molecule has 0 bridgehead atoms. The van der Waals surface area contributed by atoms with E-state index < -0.39 is 0 Å². The molecule has 0 unspecified atom stereocenters. The molecule has 22 heavy (non-hydrogen) atoms. The second-order valence-electron chi connectivity index (χ2n) is 5.53. The van der Waals surface area contributed by atoms with Gasteiger partial charge in [0, 0.05) is 17.7 Å². The lowest BCUT2D eigenvalue weighted by molar-refractivity contribution is 0.355. The molecule has 2 N–H and O–H groups in total. The number of aromatic amines is 1. The third-order valence-corrected chi connectivity index (χ3v) is 3.52. The minimum absolute atomic E-state index is 0.177. The van der Waals surface area contributed by atoms with Gasteiger partial charge in [0.05, 0.1) is 18.1 Å². The van der Waals surface area contributed by atoms with Gasteiger partial charge in [-0.25, -0.2) is 4.98 Å². The van der Waals surface area contributed by atoms with E-state index in [-0.39, 0.29) is 5.75 Å². The molecule has 0 atom stereocenters. The number of nitrogens with zero attached hydrogens (tertiary/aromatic N) is 2. The van der Waals surface area contributed by atoms with Gasteiger partial charge in [-0.1, -0.05) is 12.1 Å². The second-order valence-corrected chi connectivity index (χ2v) is 5.53. The lowest BCUT2D eigenvalue weighted by Gasteiger charge is -2.14. The molecule has 3 aromatic rings. The summed E-state index contributed by atoms with van der Waals surface area (Å²) in [5.41, 5.74) is 3.60. The smallest absolute Gasteiger partial charge is 0.162 e. The van der Waals surface area contributed by atoms with E-state index in [0.717, 1.165) is 28.0 Å². The monoisotopic (exact) mass is 297 g/mol. The van der Waals surface area contributed by atoms with Crippen LogP contribution >= 0.6 is 0 Å². The van der Waals surface area contributed by atoms with E-state index in [2.05, 4.69) is 9.97 Å². The van der Waals surface area contributed by atoms with E-state index in [1.807, 2.05) is 49.3 Å². The molecule has 0 radical (unpaired) electrons. The first-order chi connectivity index (χ1) is 10.6. The van der Waals surface area contributed by atoms with Crippen molar-refractivity contribution in [2.45, 2.75) is 6.54 Å². The number of hydrogen-bond donors (Lipinski definition) is 2. The molecule has 2 aromatic carbocycles. The van der Waals surface area contributed by atoms with E-state index in [1.165, 1.54) is 0 Å². The average Bonchev–Trinajstić information content (AvgIpc) is 2.92. The van der Waals surface area contributed by atoms with Gasteiger partial charge in [-0.2, -0.15) is 0 Å². The van der Waals surface area contributed by atoms with Crippen LogP contribution in [0.4, 0.5) is 0 Å². The maximum Gasteiger partial charge on any atom is 0.162 e. The SMILES string of the molecule is COc1cc(-c2nc3ccccc3[nH]2)cc(CN(C)C)c1O. The molecule has 0 aliphatic carbocycles. The fourth-order valence-corrected chi connectivity index (χ4v) is 2.51. The molecule has 0 aliphatic rings. The maximum atomic E-state index is 10.3. The van der Waals surface area contributed by atoms with Gasteiger partial charge < -0.3 is 19.7 Å². The van der Waals surface area contributed by atoms with Gasteiger partial charge in [0.15, 0.2) is 11.5 Å². The first-order valence-electron chi connectivity index (χ1n) is 7.08. The van der Waals surface area contributed by atoms with Gasteiger partial charge >= 0.3 is 0 Å². The molecule has 5 nitrogen and oxygen atoms in total. The lowest BCUT2D eigenvalue weighted by Crippen LogP contribution is -2.11. The van der Waals surface area contributed by atoms with E-state index in [4.69, 9.17) is 4.74 Å². The number of para-hydroxylation sites is 2. The van der Waals surface area contributed by atoms with E-state index in [1.54, 1.807) is 13.2 Å². The highest BCUT2D eigenvalue weighted by molar-refractivity contribution is 5.79. The van der Waals surface area contributed by atoms with Crippen molar-refractivity contribution in [3.05, 3.63) is 42.0 Å².